The molecular weight excluding hydrogens is 380 g/mol. The number of allylic oxidation sites excluding steroid dienone is 4. The summed E-state index contributed by atoms with van der Waals surface area (Å²) < 4.78 is 4.93. The molecule has 0 spiro atoms. The molecule has 1 aliphatic rings. The van der Waals surface area contributed by atoms with Crippen molar-refractivity contribution in [3.63, 3.8) is 0 Å². The predicted molar refractivity (Wildman–Crippen MR) is 118 cm³/mol. The van der Waals surface area contributed by atoms with Gasteiger partial charge in [0, 0.05) is 12.0 Å². The Morgan fingerprint density at radius 2 is 2.07 bits per heavy atom. The van der Waals surface area contributed by atoms with Gasteiger partial charge in [-0.05, 0) is 70.3 Å². The van der Waals surface area contributed by atoms with Gasteiger partial charge >= 0.3 is 5.97 Å². The molecule has 168 valence electrons. The molecule has 0 saturated carbocycles. The van der Waals surface area contributed by atoms with E-state index in [4.69, 9.17) is 4.42 Å². The summed E-state index contributed by atoms with van der Waals surface area (Å²) >= 11 is 0. The van der Waals surface area contributed by atoms with E-state index >= 15 is 0 Å². The first-order valence-electron chi connectivity index (χ1n) is 11.1. The van der Waals surface area contributed by atoms with Crippen molar-refractivity contribution in [2.75, 3.05) is 0 Å². The largest absolute Gasteiger partial charge is 0.481 e. The predicted octanol–water partition coefficient (Wildman–Crippen LogP) is 5.80. The zero-order chi connectivity index (χ0) is 22.3. The molecule has 0 bridgehead atoms. The number of furan rings is 1. The highest BCUT2D eigenvalue weighted by Gasteiger charge is 2.29. The normalized spacial score (nSPS) is 20.1. The average Bonchev–Trinajstić information content (AvgIpc) is 3.18. The molecule has 1 aliphatic carbocycles. The second-order valence-electron chi connectivity index (χ2n) is 9.44. The molecule has 1 heterocycles. The molecule has 0 radical (unpaired) electrons. The molecule has 1 aromatic heterocycles. The molecular formula is C25H38O5. The molecule has 3 N–H and O–H groups in total. The lowest BCUT2D eigenvalue weighted by Gasteiger charge is -2.35. The van der Waals surface area contributed by atoms with Gasteiger partial charge < -0.3 is 19.7 Å². The Labute approximate surface area is 180 Å². The highest BCUT2D eigenvalue weighted by atomic mass is 16.4. The Morgan fingerprint density at radius 3 is 2.67 bits per heavy atom. The number of carboxylic acid groups (broad SMARTS) is 1. The lowest BCUT2D eigenvalue weighted by Crippen LogP contribution is -2.29. The first kappa shape index (κ1) is 24.4. The van der Waals surface area contributed by atoms with Crippen molar-refractivity contribution in [3.8, 4) is 0 Å². The minimum Gasteiger partial charge on any atom is -0.481 e. The molecule has 5 heteroatoms. The molecule has 1 aromatic rings. The maximum Gasteiger partial charge on any atom is 0.309 e. The van der Waals surface area contributed by atoms with Gasteiger partial charge in [-0.1, -0.05) is 36.6 Å². The number of aliphatic hydroxyl groups excluding tert-OH is 2. The number of carboxylic acids is 1. The van der Waals surface area contributed by atoms with Crippen LogP contribution in [0.1, 0.15) is 90.7 Å². The van der Waals surface area contributed by atoms with Gasteiger partial charge in [0.15, 0.2) is 0 Å². The van der Waals surface area contributed by atoms with Crippen LogP contribution in [0.2, 0.25) is 0 Å². The van der Waals surface area contributed by atoms with Crippen LogP contribution in [0.5, 0.6) is 0 Å². The zero-order valence-corrected chi connectivity index (χ0v) is 18.9. The monoisotopic (exact) mass is 418 g/mol. The minimum atomic E-state index is -1.11. The SMILES string of the molecule is CC1=C(CC/C(C)=C/CCC(C(=O)O)[C@@H](O)C[C@@H](O)c2ccoc2)C(C)(C)CCC1. The van der Waals surface area contributed by atoms with E-state index in [1.54, 1.807) is 11.6 Å². The average molecular weight is 419 g/mol. The van der Waals surface area contributed by atoms with E-state index in [1.807, 2.05) is 0 Å². The molecule has 2 rings (SSSR count). The molecule has 3 atom stereocenters. The topological polar surface area (TPSA) is 90.9 Å². The van der Waals surface area contributed by atoms with Crippen LogP contribution in [0.25, 0.3) is 0 Å². The quantitative estimate of drug-likeness (QED) is 0.395. The lowest BCUT2D eigenvalue weighted by molar-refractivity contribution is -0.146. The third-order valence-corrected chi connectivity index (χ3v) is 6.60. The highest BCUT2D eigenvalue weighted by molar-refractivity contribution is 5.70. The van der Waals surface area contributed by atoms with Crippen LogP contribution in [-0.2, 0) is 4.79 Å². The van der Waals surface area contributed by atoms with Gasteiger partial charge in [-0.3, -0.25) is 4.79 Å². The summed E-state index contributed by atoms with van der Waals surface area (Å²) in [4.78, 5) is 11.6. The fourth-order valence-corrected chi connectivity index (χ4v) is 4.63. The van der Waals surface area contributed by atoms with Crippen molar-refractivity contribution in [1.29, 1.82) is 0 Å². The smallest absolute Gasteiger partial charge is 0.309 e. The first-order valence-corrected chi connectivity index (χ1v) is 11.1. The first-order chi connectivity index (χ1) is 14.1. The van der Waals surface area contributed by atoms with Crippen molar-refractivity contribution in [3.05, 3.63) is 47.0 Å². The maximum atomic E-state index is 11.6. The number of hydrogen-bond donors (Lipinski definition) is 3. The van der Waals surface area contributed by atoms with Crippen LogP contribution in [0.4, 0.5) is 0 Å². The van der Waals surface area contributed by atoms with Gasteiger partial charge in [0.25, 0.3) is 0 Å². The molecule has 0 aliphatic heterocycles. The summed E-state index contributed by atoms with van der Waals surface area (Å²) in [6, 6.07) is 1.62. The standard InChI is InChI=1S/C25H38O5/c1-17(10-11-21-18(2)8-6-13-25(21,3)4)7-5-9-20(24(28)29)23(27)15-22(26)19-12-14-30-16-19/h7,12,14,16,20,22-23,26-27H,5-6,8-11,13,15H2,1-4H3,(H,28,29)/b17-7+/t20?,22-,23+/m1/s1. The van der Waals surface area contributed by atoms with Crippen molar-refractivity contribution in [2.24, 2.45) is 11.3 Å². The van der Waals surface area contributed by atoms with Gasteiger partial charge in [0.05, 0.1) is 30.7 Å². The third kappa shape index (κ3) is 6.85. The number of carbonyl (C=O) groups is 1. The summed E-state index contributed by atoms with van der Waals surface area (Å²) in [5, 5.41) is 30.1. The minimum absolute atomic E-state index is 0.0261. The van der Waals surface area contributed by atoms with E-state index in [2.05, 4.69) is 33.8 Å². The number of rotatable bonds is 11. The van der Waals surface area contributed by atoms with Crippen LogP contribution in [0.15, 0.2) is 45.8 Å². The van der Waals surface area contributed by atoms with Gasteiger partial charge in [-0.15, -0.1) is 0 Å². The van der Waals surface area contributed by atoms with Crippen molar-refractivity contribution in [2.45, 2.75) is 91.3 Å². The van der Waals surface area contributed by atoms with E-state index in [1.165, 1.54) is 42.9 Å². The van der Waals surface area contributed by atoms with E-state index < -0.39 is 24.1 Å². The van der Waals surface area contributed by atoms with E-state index in [-0.39, 0.29) is 11.8 Å². The lowest BCUT2D eigenvalue weighted by atomic mass is 9.71. The Bertz CT molecular complexity index is 742. The van der Waals surface area contributed by atoms with Gasteiger partial charge in [0.2, 0.25) is 0 Å². The van der Waals surface area contributed by atoms with Crippen LogP contribution in [0.3, 0.4) is 0 Å². The van der Waals surface area contributed by atoms with Gasteiger partial charge in [-0.25, -0.2) is 0 Å². The van der Waals surface area contributed by atoms with E-state index in [0.717, 1.165) is 12.8 Å². The number of hydrogen-bond acceptors (Lipinski definition) is 4. The molecule has 0 fully saturated rings. The fourth-order valence-electron chi connectivity index (χ4n) is 4.63. The Morgan fingerprint density at radius 1 is 1.33 bits per heavy atom. The molecule has 0 aromatic carbocycles. The highest BCUT2D eigenvalue weighted by Crippen LogP contribution is 2.42. The van der Waals surface area contributed by atoms with Crippen molar-refractivity contribution in [1.82, 2.24) is 0 Å². The van der Waals surface area contributed by atoms with E-state index in [0.29, 0.717) is 18.4 Å². The van der Waals surface area contributed by atoms with Crippen LogP contribution < -0.4 is 0 Å². The molecule has 5 nitrogen and oxygen atoms in total. The van der Waals surface area contributed by atoms with Gasteiger partial charge in [0.1, 0.15) is 0 Å². The molecule has 0 amide bonds. The van der Waals surface area contributed by atoms with Gasteiger partial charge in [-0.2, -0.15) is 0 Å². The van der Waals surface area contributed by atoms with E-state index in [9.17, 15) is 20.1 Å². The maximum absolute atomic E-state index is 11.6. The molecule has 0 saturated heterocycles. The van der Waals surface area contributed by atoms with Crippen LogP contribution in [0, 0.1) is 11.3 Å². The fraction of sp³-hybridized carbons (Fsp3) is 0.640. The Hall–Kier alpha value is -1.85. The summed E-state index contributed by atoms with van der Waals surface area (Å²) in [6.07, 6.45) is 9.57. The Balaban J connectivity index is 1.86. The second kappa shape index (κ2) is 11.0. The summed E-state index contributed by atoms with van der Waals surface area (Å²) in [5.74, 6) is -1.93. The molecule has 1 unspecified atom stereocenters. The number of aliphatic carboxylic acids is 1. The van der Waals surface area contributed by atoms with Crippen molar-refractivity contribution < 1.29 is 24.5 Å². The third-order valence-electron chi connectivity index (χ3n) is 6.60. The zero-order valence-electron chi connectivity index (χ0n) is 18.9. The summed E-state index contributed by atoms with van der Waals surface area (Å²) in [6.45, 7) is 9.02. The summed E-state index contributed by atoms with van der Waals surface area (Å²) in [7, 11) is 0. The molecule has 30 heavy (non-hydrogen) atoms. The Kier molecular flexibility index (Phi) is 8.92. The van der Waals surface area contributed by atoms with Crippen LogP contribution >= 0.6 is 0 Å². The van der Waals surface area contributed by atoms with Crippen LogP contribution in [-0.4, -0.2) is 27.4 Å². The second-order valence-corrected chi connectivity index (χ2v) is 9.44. The summed E-state index contributed by atoms with van der Waals surface area (Å²) in [5.41, 5.74) is 5.19. The number of aliphatic hydroxyl groups is 2. The van der Waals surface area contributed by atoms with Crippen molar-refractivity contribution >= 4 is 5.97 Å².